The van der Waals surface area contributed by atoms with Crippen LogP contribution in [-0.4, -0.2) is 23.3 Å². The van der Waals surface area contributed by atoms with Crippen LogP contribution in [0.2, 0.25) is 0 Å². The van der Waals surface area contributed by atoms with Crippen molar-refractivity contribution in [3.05, 3.63) is 11.7 Å². The molecule has 0 spiro atoms. The number of methoxy groups -OCH3 is 1. The molecule has 21 heavy (non-hydrogen) atoms. The molecule has 1 aliphatic carbocycles. The number of hydrogen-bond donors (Lipinski definition) is 1. The van der Waals surface area contributed by atoms with E-state index in [2.05, 4.69) is 36.2 Å². The van der Waals surface area contributed by atoms with E-state index >= 15 is 0 Å². The van der Waals surface area contributed by atoms with Crippen molar-refractivity contribution in [2.45, 2.75) is 72.1 Å². The van der Waals surface area contributed by atoms with Gasteiger partial charge in [-0.05, 0) is 31.1 Å². The van der Waals surface area contributed by atoms with E-state index < -0.39 is 0 Å². The Morgan fingerprint density at radius 3 is 2.71 bits per heavy atom. The summed E-state index contributed by atoms with van der Waals surface area (Å²) in [5, 5.41) is 7.60. The van der Waals surface area contributed by atoms with E-state index in [0.717, 1.165) is 0 Å². The van der Waals surface area contributed by atoms with Gasteiger partial charge in [0.1, 0.15) is 6.10 Å². The van der Waals surface area contributed by atoms with Gasteiger partial charge in [0, 0.05) is 13.2 Å². The second kappa shape index (κ2) is 6.88. The summed E-state index contributed by atoms with van der Waals surface area (Å²) in [6.07, 6.45) is 5.06. The molecule has 1 fully saturated rings. The molecule has 0 aliphatic heterocycles. The lowest BCUT2D eigenvalue weighted by Gasteiger charge is -2.40. The van der Waals surface area contributed by atoms with E-state index in [1.807, 2.05) is 6.92 Å². The summed E-state index contributed by atoms with van der Waals surface area (Å²) in [6.45, 7) is 9.56. The van der Waals surface area contributed by atoms with Crippen molar-refractivity contribution in [1.82, 2.24) is 15.5 Å². The molecule has 1 aromatic heterocycles. The van der Waals surface area contributed by atoms with Crippen molar-refractivity contribution >= 4 is 0 Å². The van der Waals surface area contributed by atoms with E-state index in [0.29, 0.717) is 35.6 Å². The lowest BCUT2D eigenvalue weighted by molar-refractivity contribution is 0.109. The highest BCUT2D eigenvalue weighted by Gasteiger charge is 2.33. The van der Waals surface area contributed by atoms with Crippen LogP contribution < -0.4 is 5.32 Å². The fourth-order valence-electron chi connectivity index (χ4n) is 3.24. The van der Waals surface area contributed by atoms with Crippen LogP contribution in [0.4, 0.5) is 0 Å². The number of nitrogens with zero attached hydrogens (tertiary/aromatic N) is 2. The first kappa shape index (κ1) is 16.4. The summed E-state index contributed by atoms with van der Waals surface area (Å²) in [5.74, 6) is 1.96. The van der Waals surface area contributed by atoms with E-state index in [1.54, 1.807) is 7.11 Å². The van der Waals surface area contributed by atoms with Crippen molar-refractivity contribution in [2.24, 2.45) is 11.3 Å². The van der Waals surface area contributed by atoms with Crippen molar-refractivity contribution < 1.29 is 9.26 Å². The van der Waals surface area contributed by atoms with Gasteiger partial charge in [-0.1, -0.05) is 38.8 Å². The summed E-state index contributed by atoms with van der Waals surface area (Å²) in [5.41, 5.74) is 0.336. The SMILES string of the molecule is CO[C@H](C)c1noc(CN[C@H]2CCCC[C@@H]2C(C)(C)C)n1. The van der Waals surface area contributed by atoms with E-state index in [9.17, 15) is 0 Å². The molecular weight excluding hydrogens is 266 g/mol. The van der Waals surface area contributed by atoms with E-state index in [-0.39, 0.29) is 6.10 Å². The summed E-state index contributed by atoms with van der Waals surface area (Å²) in [6, 6.07) is 0.536. The smallest absolute Gasteiger partial charge is 0.240 e. The van der Waals surface area contributed by atoms with Crippen LogP contribution in [0.3, 0.4) is 0 Å². The van der Waals surface area contributed by atoms with Crippen LogP contribution in [-0.2, 0) is 11.3 Å². The molecule has 0 bridgehead atoms. The predicted molar refractivity (Wildman–Crippen MR) is 81.8 cm³/mol. The van der Waals surface area contributed by atoms with Crippen LogP contribution in [0, 0.1) is 11.3 Å². The molecule has 0 aromatic carbocycles. The molecule has 2 rings (SSSR count). The lowest BCUT2D eigenvalue weighted by Crippen LogP contribution is -2.43. The average Bonchev–Trinajstić information content (AvgIpc) is 2.92. The molecule has 1 N–H and O–H groups in total. The van der Waals surface area contributed by atoms with Gasteiger partial charge in [0.05, 0.1) is 6.54 Å². The van der Waals surface area contributed by atoms with Crippen LogP contribution in [0.5, 0.6) is 0 Å². The maximum Gasteiger partial charge on any atom is 0.240 e. The Morgan fingerprint density at radius 1 is 1.33 bits per heavy atom. The Bertz CT molecular complexity index is 439. The zero-order chi connectivity index (χ0) is 15.5. The molecular formula is C16H29N3O2. The van der Waals surface area contributed by atoms with Crippen LogP contribution in [0.25, 0.3) is 0 Å². The molecule has 5 heteroatoms. The van der Waals surface area contributed by atoms with Crippen molar-refractivity contribution in [3.8, 4) is 0 Å². The molecule has 1 heterocycles. The highest BCUT2D eigenvalue weighted by molar-refractivity contribution is 4.92. The zero-order valence-electron chi connectivity index (χ0n) is 14.0. The Labute approximate surface area is 127 Å². The first-order valence-corrected chi connectivity index (χ1v) is 8.00. The average molecular weight is 295 g/mol. The van der Waals surface area contributed by atoms with Crippen LogP contribution in [0.15, 0.2) is 4.52 Å². The van der Waals surface area contributed by atoms with Gasteiger partial charge in [-0.15, -0.1) is 0 Å². The normalized spacial score (nSPS) is 25.0. The minimum atomic E-state index is -0.125. The third-order valence-corrected chi connectivity index (χ3v) is 4.59. The first-order chi connectivity index (χ1) is 9.91. The molecule has 0 unspecified atom stereocenters. The highest BCUT2D eigenvalue weighted by atomic mass is 16.5. The monoisotopic (exact) mass is 295 g/mol. The highest BCUT2D eigenvalue weighted by Crippen LogP contribution is 2.38. The summed E-state index contributed by atoms with van der Waals surface area (Å²) < 4.78 is 10.5. The van der Waals surface area contributed by atoms with Gasteiger partial charge in [-0.25, -0.2) is 0 Å². The third-order valence-electron chi connectivity index (χ3n) is 4.59. The zero-order valence-corrected chi connectivity index (χ0v) is 14.0. The minimum absolute atomic E-state index is 0.125. The Hall–Kier alpha value is -0.940. The summed E-state index contributed by atoms with van der Waals surface area (Å²) in [7, 11) is 1.65. The van der Waals surface area contributed by atoms with Crippen LogP contribution >= 0.6 is 0 Å². The molecule has 1 aromatic rings. The molecule has 5 nitrogen and oxygen atoms in total. The Balaban J connectivity index is 1.93. The molecule has 1 saturated carbocycles. The van der Waals surface area contributed by atoms with Gasteiger partial charge in [-0.3, -0.25) is 0 Å². The largest absolute Gasteiger partial charge is 0.374 e. The third kappa shape index (κ3) is 4.27. The Morgan fingerprint density at radius 2 is 2.05 bits per heavy atom. The lowest BCUT2D eigenvalue weighted by atomic mass is 9.69. The molecule has 0 radical (unpaired) electrons. The van der Waals surface area contributed by atoms with Crippen molar-refractivity contribution in [2.75, 3.05) is 7.11 Å². The fourth-order valence-corrected chi connectivity index (χ4v) is 3.24. The number of aromatic nitrogens is 2. The van der Waals surface area contributed by atoms with Gasteiger partial charge in [0.25, 0.3) is 0 Å². The summed E-state index contributed by atoms with van der Waals surface area (Å²) >= 11 is 0. The van der Waals surface area contributed by atoms with Gasteiger partial charge >= 0.3 is 0 Å². The molecule has 0 amide bonds. The number of rotatable bonds is 5. The minimum Gasteiger partial charge on any atom is -0.374 e. The standard InChI is InChI=1S/C16H29N3O2/c1-11(20-5)15-18-14(21-19-15)10-17-13-9-7-6-8-12(13)16(2,3)4/h11-13,17H,6-10H2,1-5H3/t11-,12+,13+/m1/s1. The number of nitrogens with one attached hydrogen (secondary N) is 1. The fraction of sp³-hybridized carbons (Fsp3) is 0.875. The second-order valence-corrected chi connectivity index (χ2v) is 7.17. The van der Waals surface area contributed by atoms with Gasteiger partial charge in [0.2, 0.25) is 5.89 Å². The Kier molecular flexibility index (Phi) is 5.38. The molecule has 120 valence electrons. The maximum atomic E-state index is 5.30. The molecule has 0 saturated heterocycles. The summed E-state index contributed by atoms with van der Waals surface area (Å²) in [4.78, 5) is 4.39. The predicted octanol–water partition coefficient (Wildman–Crippen LogP) is 3.47. The van der Waals surface area contributed by atoms with Crippen molar-refractivity contribution in [3.63, 3.8) is 0 Å². The van der Waals surface area contributed by atoms with Gasteiger partial charge in [0.15, 0.2) is 5.82 Å². The van der Waals surface area contributed by atoms with Gasteiger partial charge < -0.3 is 14.6 Å². The molecule has 1 aliphatic rings. The van der Waals surface area contributed by atoms with Gasteiger partial charge in [-0.2, -0.15) is 4.98 Å². The quantitative estimate of drug-likeness (QED) is 0.901. The molecule has 3 atom stereocenters. The van der Waals surface area contributed by atoms with E-state index in [4.69, 9.17) is 9.26 Å². The number of hydrogen-bond acceptors (Lipinski definition) is 5. The van der Waals surface area contributed by atoms with E-state index in [1.165, 1.54) is 25.7 Å². The van der Waals surface area contributed by atoms with Crippen LogP contribution in [0.1, 0.15) is 71.2 Å². The maximum absolute atomic E-state index is 5.30. The first-order valence-electron chi connectivity index (χ1n) is 8.00. The van der Waals surface area contributed by atoms with Crippen molar-refractivity contribution in [1.29, 1.82) is 0 Å². The topological polar surface area (TPSA) is 60.2 Å². The second-order valence-electron chi connectivity index (χ2n) is 7.17. The number of ether oxygens (including phenoxy) is 1.